The van der Waals surface area contributed by atoms with Crippen molar-refractivity contribution in [1.29, 1.82) is 0 Å². The predicted molar refractivity (Wildman–Crippen MR) is 82.2 cm³/mol. The van der Waals surface area contributed by atoms with Crippen molar-refractivity contribution in [3.05, 3.63) is 23.0 Å². The summed E-state index contributed by atoms with van der Waals surface area (Å²) in [6, 6.07) is 1.70. The average molecular weight is 301 g/mol. The van der Waals surface area contributed by atoms with Gasteiger partial charge in [-0.25, -0.2) is 0 Å². The van der Waals surface area contributed by atoms with Crippen molar-refractivity contribution in [1.82, 2.24) is 9.88 Å². The van der Waals surface area contributed by atoms with Gasteiger partial charge in [0.15, 0.2) is 0 Å². The molecule has 20 heavy (non-hydrogen) atoms. The molecule has 1 amide bonds. The Balaban J connectivity index is 2.61. The van der Waals surface area contributed by atoms with Gasteiger partial charge < -0.3 is 15.0 Å². The summed E-state index contributed by atoms with van der Waals surface area (Å²) in [6.07, 6.45) is 5.53. The van der Waals surface area contributed by atoms with Gasteiger partial charge in [0.2, 0.25) is 0 Å². The first-order valence-corrected chi connectivity index (χ1v) is 7.74. The van der Waals surface area contributed by atoms with Gasteiger partial charge in [-0.3, -0.25) is 4.79 Å². The molecule has 0 aliphatic rings. The van der Waals surface area contributed by atoms with Crippen LogP contribution in [0.5, 0.6) is 0 Å². The number of nitrogens with one attached hydrogen (secondary N) is 1. The van der Waals surface area contributed by atoms with E-state index in [4.69, 9.17) is 16.7 Å². The normalized spacial score (nSPS) is 12.4. The number of carbonyl (C=O) groups is 1. The summed E-state index contributed by atoms with van der Waals surface area (Å²) in [6.45, 7) is 5.72. The zero-order chi connectivity index (χ0) is 15.0. The molecule has 0 saturated carbocycles. The highest BCUT2D eigenvalue weighted by molar-refractivity contribution is 6.31. The molecule has 1 aromatic heterocycles. The number of rotatable bonds is 9. The Morgan fingerprint density at radius 2 is 2.15 bits per heavy atom. The third-order valence-corrected chi connectivity index (χ3v) is 3.55. The smallest absolute Gasteiger partial charge is 0.267 e. The quantitative estimate of drug-likeness (QED) is 0.736. The molecule has 0 aliphatic heterocycles. The number of hydrogen-bond donors (Lipinski definition) is 2. The van der Waals surface area contributed by atoms with Crippen LogP contribution in [0.1, 0.15) is 50.0 Å². The molecular formula is C15H25ClN2O2. The molecule has 0 spiro atoms. The summed E-state index contributed by atoms with van der Waals surface area (Å²) < 4.78 is 1.89. The highest BCUT2D eigenvalue weighted by atomic mass is 35.5. The third-order valence-electron chi connectivity index (χ3n) is 3.35. The van der Waals surface area contributed by atoms with Crippen LogP contribution in [0.2, 0.25) is 5.02 Å². The second-order valence-corrected chi connectivity index (χ2v) is 5.55. The number of hydrogen-bond acceptors (Lipinski definition) is 2. The van der Waals surface area contributed by atoms with Crippen LogP contribution in [0, 0.1) is 5.92 Å². The molecule has 2 N–H and O–H groups in total. The molecule has 1 aromatic rings. The van der Waals surface area contributed by atoms with E-state index in [1.165, 1.54) is 0 Å². The topological polar surface area (TPSA) is 54.3 Å². The third kappa shape index (κ3) is 5.17. The van der Waals surface area contributed by atoms with E-state index >= 15 is 0 Å². The molecule has 5 heteroatoms. The fourth-order valence-corrected chi connectivity index (χ4v) is 2.58. The van der Waals surface area contributed by atoms with Crippen molar-refractivity contribution in [3.8, 4) is 0 Å². The number of carbonyl (C=O) groups excluding carboxylic acids is 1. The predicted octanol–water partition coefficient (Wildman–Crippen LogP) is 3.08. The van der Waals surface area contributed by atoms with Crippen molar-refractivity contribution in [2.75, 3.05) is 13.2 Å². The van der Waals surface area contributed by atoms with Crippen molar-refractivity contribution < 1.29 is 9.90 Å². The molecule has 1 rings (SSSR count). The minimum absolute atomic E-state index is 0.0932. The van der Waals surface area contributed by atoms with E-state index in [1.54, 1.807) is 12.3 Å². The SMILES string of the molecule is CCCC(CCO)CNC(=O)c1cc(Cl)cn1CCC. The number of aryl methyl sites for hydroxylation is 1. The van der Waals surface area contributed by atoms with Crippen LogP contribution >= 0.6 is 11.6 Å². The number of amides is 1. The lowest BCUT2D eigenvalue weighted by molar-refractivity contribution is 0.0933. The second-order valence-electron chi connectivity index (χ2n) is 5.11. The fraction of sp³-hybridized carbons (Fsp3) is 0.667. The maximum absolute atomic E-state index is 12.2. The maximum atomic E-state index is 12.2. The van der Waals surface area contributed by atoms with Crippen LogP contribution in [-0.2, 0) is 6.54 Å². The van der Waals surface area contributed by atoms with Gasteiger partial charge in [0, 0.05) is 25.9 Å². The Morgan fingerprint density at radius 1 is 1.40 bits per heavy atom. The Hall–Kier alpha value is -1.00. The van der Waals surface area contributed by atoms with Gasteiger partial charge >= 0.3 is 0 Å². The van der Waals surface area contributed by atoms with Gasteiger partial charge in [-0.05, 0) is 31.2 Å². The van der Waals surface area contributed by atoms with Crippen molar-refractivity contribution in [2.45, 2.75) is 46.1 Å². The van der Waals surface area contributed by atoms with E-state index in [9.17, 15) is 4.79 Å². The molecule has 0 radical (unpaired) electrons. The Labute approximate surface area is 126 Å². The maximum Gasteiger partial charge on any atom is 0.267 e. The summed E-state index contributed by atoms with van der Waals surface area (Å²) >= 11 is 5.97. The van der Waals surface area contributed by atoms with Gasteiger partial charge in [0.1, 0.15) is 5.69 Å². The molecule has 1 unspecified atom stereocenters. The lowest BCUT2D eigenvalue weighted by atomic mass is 10.0. The molecule has 0 fully saturated rings. The van der Waals surface area contributed by atoms with E-state index in [1.807, 2.05) is 4.57 Å². The summed E-state index contributed by atoms with van der Waals surface area (Å²) in [4.78, 5) is 12.2. The van der Waals surface area contributed by atoms with Crippen molar-refractivity contribution in [3.63, 3.8) is 0 Å². The highest BCUT2D eigenvalue weighted by Gasteiger charge is 2.14. The van der Waals surface area contributed by atoms with Crippen LogP contribution in [0.15, 0.2) is 12.3 Å². The van der Waals surface area contributed by atoms with Crippen LogP contribution < -0.4 is 5.32 Å². The lowest BCUT2D eigenvalue weighted by Crippen LogP contribution is -2.31. The second kappa shape index (κ2) is 9.03. The first kappa shape index (κ1) is 17.1. The standard InChI is InChI=1S/C15H25ClN2O2/c1-3-5-12(6-8-19)10-17-15(20)14-9-13(16)11-18(14)7-4-2/h9,11-12,19H,3-8,10H2,1-2H3,(H,17,20). The summed E-state index contributed by atoms with van der Waals surface area (Å²) in [5.41, 5.74) is 0.607. The highest BCUT2D eigenvalue weighted by Crippen LogP contribution is 2.15. The summed E-state index contributed by atoms with van der Waals surface area (Å²) in [5.74, 6) is 0.239. The van der Waals surface area contributed by atoms with Crippen molar-refractivity contribution in [2.24, 2.45) is 5.92 Å². The minimum Gasteiger partial charge on any atom is -0.396 e. The van der Waals surface area contributed by atoms with E-state index in [0.29, 0.717) is 23.2 Å². The zero-order valence-electron chi connectivity index (χ0n) is 12.4. The summed E-state index contributed by atoms with van der Waals surface area (Å²) in [7, 11) is 0. The molecule has 0 saturated heterocycles. The van der Waals surface area contributed by atoms with Gasteiger partial charge in [-0.1, -0.05) is 31.9 Å². The first-order chi connectivity index (χ1) is 9.62. The number of nitrogens with zero attached hydrogens (tertiary/aromatic N) is 1. The molecule has 0 aliphatic carbocycles. The van der Waals surface area contributed by atoms with Crippen LogP contribution in [0.3, 0.4) is 0 Å². The average Bonchev–Trinajstić information content (AvgIpc) is 2.78. The van der Waals surface area contributed by atoms with Gasteiger partial charge in [0.05, 0.1) is 5.02 Å². The molecule has 0 bridgehead atoms. The molecule has 4 nitrogen and oxygen atoms in total. The first-order valence-electron chi connectivity index (χ1n) is 7.37. The molecule has 114 valence electrons. The van der Waals surface area contributed by atoms with Crippen LogP contribution in [-0.4, -0.2) is 28.7 Å². The van der Waals surface area contributed by atoms with Crippen molar-refractivity contribution >= 4 is 17.5 Å². The fourth-order valence-electron chi connectivity index (χ4n) is 2.36. The van der Waals surface area contributed by atoms with Crippen LogP contribution in [0.4, 0.5) is 0 Å². The number of aliphatic hydroxyl groups excluding tert-OH is 1. The van der Waals surface area contributed by atoms with Gasteiger partial charge in [-0.2, -0.15) is 0 Å². The number of halogens is 1. The Kier molecular flexibility index (Phi) is 7.70. The lowest BCUT2D eigenvalue weighted by Gasteiger charge is -2.16. The van der Waals surface area contributed by atoms with Gasteiger partial charge in [0.25, 0.3) is 5.91 Å². The minimum atomic E-state index is -0.0932. The number of aromatic nitrogens is 1. The molecule has 1 heterocycles. The van der Waals surface area contributed by atoms with Gasteiger partial charge in [-0.15, -0.1) is 0 Å². The monoisotopic (exact) mass is 300 g/mol. The largest absolute Gasteiger partial charge is 0.396 e. The van der Waals surface area contributed by atoms with E-state index in [0.717, 1.165) is 32.2 Å². The molecule has 0 aromatic carbocycles. The van der Waals surface area contributed by atoms with Crippen LogP contribution in [0.25, 0.3) is 0 Å². The van der Waals surface area contributed by atoms with E-state index in [2.05, 4.69) is 19.2 Å². The Morgan fingerprint density at radius 3 is 2.75 bits per heavy atom. The molecule has 1 atom stereocenters. The molecular weight excluding hydrogens is 276 g/mol. The Bertz CT molecular complexity index is 412. The zero-order valence-corrected chi connectivity index (χ0v) is 13.1. The van der Waals surface area contributed by atoms with E-state index < -0.39 is 0 Å². The van der Waals surface area contributed by atoms with E-state index in [-0.39, 0.29) is 12.5 Å². The number of aliphatic hydroxyl groups is 1. The summed E-state index contributed by atoms with van der Waals surface area (Å²) in [5, 5.41) is 12.6.